The number of sulfone groups is 1. The lowest BCUT2D eigenvalue weighted by atomic mass is 10.0. The van der Waals surface area contributed by atoms with Gasteiger partial charge in [-0.3, -0.25) is 4.79 Å². The third-order valence-electron chi connectivity index (χ3n) is 4.69. The molecule has 3 rings (SSSR count). The van der Waals surface area contributed by atoms with E-state index in [-0.39, 0.29) is 34.6 Å². The Balaban J connectivity index is 1.99. The fraction of sp³-hybridized carbons (Fsp3) is 0.529. The number of fused-ring (bicyclic) bond motifs is 1. The van der Waals surface area contributed by atoms with Gasteiger partial charge in [-0.05, 0) is 31.0 Å². The molecule has 2 unspecified atom stereocenters. The van der Waals surface area contributed by atoms with Crippen molar-refractivity contribution in [3.63, 3.8) is 0 Å². The van der Waals surface area contributed by atoms with Crippen LogP contribution in [0.1, 0.15) is 26.7 Å². The molecule has 1 aromatic carbocycles. The van der Waals surface area contributed by atoms with Crippen molar-refractivity contribution in [2.45, 2.75) is 38.0 Å². The van der Waals surface area contributed by atoms with Crippen LogP contribution < -0.4 is 4.90 Å². The highest BCUT2D eigenvalue weighted by Crippen LogP contribution is 2.41. The summed E-state index contributed by atoms with van der Waals surface area (Å²) in [5.41, 5.74) is 0.778. The monoisotopic (exact) mass is 400 g/mol. The van der Waals surface area contributed by atoms with Crippen LogP contribution >= 0.6 is 23.4 Å². The molecule has 0 N–H and O–H groups in total. The van der Waals surface area contributed by atoms with Gasteiger partial charge in [0.25, 0.3) is 5.91 Å². The van der Waals surface area contributed by atoms with Crippen molar-refractivity contribution >= 4 is 50.0 Å². The minimum absolute atomic E-state index is 0.0787. The molecule has 2 fully saturated rings. The summed E-state index contributed by atoms with van der Waals surface area (Å²) in [6.45, 7) is 3.95. The zero-order chi connectivity index (χ0) is 18.2. The molecule has 136 valence electrons. The van der Waals surface area contributed by atoms with E-state index in [0.29, 0.717) is 10.2 Å². The first-order chi connectivity index (χ1) is 11.8. The quantitative estimate of drug-likeness (QED) is 0.775. The van der Waals surface area contributed by atoms with Crippen LogP contribution in [0.5, 0.6) is 0 Å². The standard InChI is InChI=1S/C17H21ClN2O3S2/c1-3-11(4-2)16(21)19-17-20(13-7-5-6-12(18)8-13)14-9-25(22,23)10-15(14)24-17/h5-8,11,14-15H,3-4,9-10H2,1-2H3. The van der Waals surface area contributed by atoms with Crippen molar-refractivity contribution in [3.05, 3.63) is 29.3 Å². The highest BCUT2D eigenvalue weighted by Gasteiger charge is 2.49. The molecule has 2 saturated heterocycles. The highest BCUT2D eigenvalue weighted by molar-refractivity contribution is 8.16. The van der Waals surface area contributed by atoms with E-state index in [1.165, 1.54) is 11.8 Å². The molecule has 0 aromatic heterocycles. The summed E-state index contributed by atoms with van der Waals surface area (Å²) in [7, 11) is -3.07. The van der Waals surface area contributed by atoms with E-state index in [4.69, 9.17) is 11.6 Å². The molecule has 1 amide bonds. The Morgan fingerprint density at radius 2 is 2.08 bits per heavy atom. The molecule has 25 heavy (non-hydrogen) atoms. The van der Waals surface area contributed by atoms with E-state index in [1.54, 1.807) is 12.1 Å². The summed E-state index contributed by atoms with van der Waals surface area (Å²) in [5.74, 6) is -0.0340. The van der Waals surface area contributed by atoms with Crippen LogP contribution in [0.4, 0.5) is 5.69 Å². The number of hydrogen-bond donors (Lipinski definition) is 0. The Morgan fingerprint density at radius 1 is 1.36 bits per heavy atom. The molecule has 0 radical (unpaired) electrons. The fourth-order valence-corrected chi connectivity index (χ4v) is 7.42. The average Bonchev–Trinajstić information content (AvgIpc) is 2.99. The molecule has 5 nitrogen and oxygen atoms in total. The molecular weight excluding hydrogens is 380 g/mol. The average molecular weight is 401 g/mol. The van der Waals surface area contributed by atoms with Gasteiger partial charge in [0.1, 0.15) is 0 Å². The Labute approximate surface area is 157 Å². The third-order valence-corrected chi connectivity index (χ3v) is 8.14. The lowest BCUT2D eigenvalue weighted by molar-refractivity contribution is -0.121. The van der Waals surface area contributed by atoms with E-state index in [1.807, 2.05) is 30.9 Å². The van der Waals surface area contributed by atoms with Crippen LogP contribution in [-0.2, 0) is 14.6 Å². The van der Waals surface area contributed by atoms with Crippen LogP contribution in [0.25, 0.3) is 0 Å². The third kappa shape index (κ3) is 3.88. The largest absolute Gasteiger partial charge is 0.316 e. The fourth-order valence-electron chi connectivity index (χ4n) is 3.32. The number of amides is 1. The number of hydrogen-bond acceptors (Lipinski definition) is 4. The molecule has 1 aromatic rings. The SMILES string of the molecule is CCC(CC)C(=O)N=C1SC2CS(=O)(=O)CC2N1c1cccc(Cl)c1. The maximum atomic E-state index is 12.5. The van der Waals surface area contributed by atoms with Gasteiger partial charge in [0.05, 0.1) is 17.5 Å². The van der Waals surface area contributed by atoms with Crippen LogP contribution in [0, 0.1) is 5.92 Å². The highest BCUT2D eigenvalue weighted by atomic mass is 35.5. The van der Waals surface area contributed by atoms with Crippen molar-refractivity contribution in [2.24, 2.45) is 10.9 Å². The molecule has 0 bridgehead atoms. The number of benzene rings is 1. The molecular formula is C17H21ClN2O3S2. The summed E-state index contributed by atoms with van der Waals surface area (Å²) in [6.07, 6.45) is 1.49. The van der Waals surface area contributed by atoms with Gasteiger partial charge in [0.15, 0.2) is 15.0 Å². The summed E-state index contributed by atoms with van der Waals surface area (Å²) in [4.78, 5) is 18.7. The summed E-state index contributed by atoms with van der Waals surface area (Å²) >= 11 is 7.50. The smallest absolute Gasteiger partial charge is 0.251 e. The summed E-state index contributed by atoms with van der Waals surface area (Å²) in [6, 6.07) is 7.04. The zero-order valence-electron chi connectivity index (χ0n) is 14.2. The Hall–Kier alpha value is -1.05. The van der Waals surface area contributed by atoms with Crippen molar-refractivity contribution in [1.29, 1.82) is 0 Å². The number of aliphatic imine (C=N–C) groups is 1. The predicted molar refractivity (Wildman–Crippen MR) is 104 cm³/mol. The van der Waals surface area contributed by atoms with E-state index in [0.717, 1.165) is 18.5 Å². The second-order valence-electron chi connectivity index (χ2n) is 6.40. The molecule has 2 atom stereocenters. The van der Waals surface area contributed by atoms with Crippen LogP contribution in [0.15, 0.2) is 29.3 Å². The second kappa shape index (κ2) is 7.29. The molecule has 0 aliphatic carbocycles. The van der Waals surface area contributed by atoms with Crippen LogP contribution in [0.3, 0.4) is 0 Å². The Bertz CT molecular complexity index is 806. The van der Waals surface area contributed by atoms with Gasteiger partial charge in [0, 0.05) is 21.9 Å². The number of thioether (sulfide) groups is 1. The van der Waals surface area contributed by atoms with Crippen molar-refractivity contribution in [3.8, 4) is 0 Å². The molecule has 2 heterocycles. The van der Waals surface area contributed by atoms with E-state index >= 15 is 0 Å². The van der Waals surface area contributed by atoms with E-state index in [9.17, 15) is 13.2 Å². The minimum Gasteiger partial charge on any atom is -0.316 e. The summed E-state index contributed by atoms with van der Waals surface area (Å²) in [5, 5.41) is 1.05. The number of amidine groups is 1. The molecule has 8 heteroatoms. The molecule has 0 saturated carbocycles. The number of anilines is 1. The zero-order valence-corrected chi connectivity index (χ0v) is 16.6. The first kappa shape index (κ1) is 18.7. The van der Waals surface area contributed by atoms with Gasteiger partial charge >= 0.3 is 0 Å². The number of carbonyl (C=O) groups excluding carboxylic acids is 1. The first-order valence-corrected chi connectivity index (χ1v) is 11.5. The maximum Gasteiger partial charge on any atom is 0.251 e. The maximum absolute atomic E-state index is 12.5. The van der Waals surface area contributed by atoms with Gasteiger partial charge in [-0.25, -0.2) is 8.42 Å². The number of rotatable bonds is 4. The van der Waals surface area contributed by atoms with Crippen LogP contribution in [-0.4, -0.2) is 42.3 Å². The van der Waals surface area contributed by atoms with Gasteiger partial charge < -0.3 is 4.90 Å². The van der Waals surface area contributed by atoms with Gasteiger partial charge in [0.2, 0.25) is 0 Å². The van der Waals surface area contributed by atoms with E-state index < -0.39 is 9.84 Å². The lowest BCUT2D eigenvalue weighted by Gasteiger charge is -2.24. The number of carbonyl (C=O) groups is 1. The lowest BCUT2D eigenvalue weighted by Crippen LogP contribution is -2.37. The first-order valence-electron chi connectivity index (χ1n) is 8.39. The summed E-state index contributed by atoms with van der Waals surface area (Å²) < 4.78 is 24.1. The van der Waals surface area contributed by atoms with Crippen molar-refractivity contribution in [1.82, 2.24) is 0 Å². The Kier molecular flexibility index (Phi) is 5.46. The normalized spacial score (nSPS) is 26.4. The number of nitrogens with zero attached hydrogens (tertiary/aromatic N) is 2. The van der Waals surface area contributed by atoms with Crippen molar-refractivity contribution in [2.75, 3.05) is 16.4 Å². The van der Waals surface area contributed by atoms with Crippen molar-refractivity contribution < 1.29 is 13.2 Å². The van der Waals surface area contributed by atoms with Gasteiger partial charge in [-0.2, -0.15) is 4.99 Å². The minimum atomic E-state index is -3.07. The van der Waals surface area contributed by atoms with Crippen LogP contribution in [0.2, 0.25) is 5.02 Å². The molecule has 2 aliphatic rings. The number of halogens is 1. The van der Waals surface area contributed by atoms with Gasteiger partial charge in [-0.1, -0.05) is 43.3 Å². The molecule has 2 aliphatic heterocycles. The topological polar surface area (TPSA) is 66.8 Å². The molecule has 0 spiro atoms. The Morgan fingerprint density at radius 3 is 2.72 bits per heavy atom. The second-order valence-corrected chi connectivity index (χ2v) is 10.2. The van der Waals surface area contributed by atoms with E-state index in [2.05, 4.69) is 4.99 Å². The van der Waals surface area contributed by atoms with Gasteiger partial charge in [-0.15, -0.1) is 0 Å². The predicted octanol–water partition coefficient (Wildman–Crippen LogP) is 3.38.